The molecule has 1 aliphatic rings. The van der Waals surface area contributed by atoms with Crippen molar-refractivity contribution in [1.82, 2.24) is 4.90 Å². The fourth-order valence-electron chi connectivity index (χ4n) is 4.92. The van der Waals surface area contributed by atoms with Crippen molar-refractivity contribution in [2.24, 2.45) is 0 Å². The van der Waals surface area contributed by atoms with Gasteiger partial charge in [-0.15, -0.1) is 0 Å². The van der Waals surface area contributed by atoms with Crippen LogP contribution >= 0.6 is 0 Å². The topological polar surface area (TPSA) is 120 Å². The number of benzene rings is 3. The van der Waals surface area contributed by atoms with E-state index >= 15 is 0 Å². The van der Waals surface area contributed by atoms with Gasteiger partial charge in [0.15, 0.2) is 5.75 Å². The number of fused-ring (bicyclic) bond motifs is 1. The van der Waals surface area contributed by atoms with E-state index in [4.69, 9.17) is 9.47 Å². The van der Waals surface area contributed by atoms with Crippen molar-refractivity contribution in [3.8, 4) is 6.07 Å². The van der Waals surface area contributed by atoms with Gasteiger partial charge in [0.25, 0.3) is 0 Å². The summed E-state index contributed by atoms with van der Waals surface area (Å²) in [4.78, 5) is 28.7. The molecule has 3 aromatic carbocycles. The molecule has 0 aliphatic carbocycles. The van der Waals surface area contributed by atoms with Crippen LogP contribution in [0.15, 0.2) is 60.7 Å². The average molecular weight is 607 g/mol. The molecular weight excluding hydrogens is 568 g/mol. The van der Waals surface area contributed by atoms with Crippen LogP contribution in [0.3, 0.4) is 0 Å². The maximum absolute atomic E-state index is 13.5. The number of nitriles is 1. The van der Waals surface area contributed by atoms with Gasteiger partial charge in [-0.2, -0.15) is 5.26 Å². The number of carbonyl (C=O) groups excluding carboxylic acids is 2. The fourth-order valence-corrected chi connectivity index (χ4v) is 6.25. The molecule has 0 N–H and O–H groups in total. The number of sulfonamides is 1. The minimum absolute atomic E-state index is 0.0115. The van der Waals surface area contributed by atoms with E-state index in [1.807, 2.05) is 57.2 Å². The molecule has 0 atom stereocenters. The van der Waals surface area contributed by atoms with E-state index in [-0.39, 0.29) is 19.2 Å². The lowest BCUT2D eigenvalue weighted by molar-refractivity contribution is -0.139. The Kier molecular flexibility index (Phi) is 9.81. The van der Waals surface area contributed by atoms with Gasteiger partial charge in [-0.3, -0.25) is 9.10 Å². The molecule has 3 aromatic rings. The van der Waals surface area contributed by atoms with E-state index in [1.165, 1.54) is 4.31 Å². The van der Waals surface area contributed by atoms with Gasteiger partial charge in [-0.05, 0) is 92.9 Å². The van der Waals surface area contributed by atoms with Crippen molar-refractivity contribution < 1.29 is 27.5 Å². The number of nitrogens with zero attached hydrogens (tertiary/aromatic N) is 4. The number of rotatable bonds is 8. The van der Waals surface area contributed by atoms with Crippen LogP contribution in [0.1, 0.15) is 45.2 Å². The lowest BCUT2D eigenvalue weighted by Crippen LogP contribution is -2.39. The fraction of sp³-hybridized carbons (Fsp3) is 0.406. The summed E-state index contributed by atoms with van der Waals surface area (Å²) >= 11 is 0. The highest BCUT2D eigenvalue weighted by atomic mass is 32.2. The monoisotopic (exact) mass is 606 g/mol. The highest BCUT2D eigenvalue weighted by Crippen LogP contribution is 2.27. The number of hydrogen-bond acceptors (Lipinski definition) is 8. The zero-order valence-corrected chi connectivity index (χ0v) is 25.9. The number of ether oxygens (including phenoxy) is 2. The largest absolute Gasteiger partial charge is 0.465 e. The average Bonchev–Trinajstić information content (AvgIpc) is 3.21. The summed E-state index contributed by atoms with van der Waals surface area (Å²) in [6, 6.07) is 20.2. The van der Waals surface area contributed by atoms with Gasteiger partial charge in [-0.25, -0.2) is 13.2 Å². The highest BCUT2D eigenvalue weighted by Gasteiger charge is 2.28. The number of esters is 1. The summed E-state index contributed by atoms with van der Waals surface area (Å²) in [7, 11) is -4.10. The van der Waals surface area contributed by atoms with E-state index in [0.717, 1.165) is 29.4 Å². The zero-order chi connectivity index (χ0) is 31.2. The number of amides is 1. The molecule has 1 saturated heterocycles. The third-order valence-corrected chi connectivity index (χ3v) is 8.56. The zero-order valence-electron chi connectivity index (χ0n) is 25.1. The molecule has 0 saturated carbocycles. The molecule has 1 amide bonds. The highest BCUT2D eigenvalue weighted by molar-refractivity contribution is 7.93. The Morgan fingerprint density at radius 3 is 2.35 bits per heavy atom. The predicted octanol–water partition coefficient (Wildman–Crippen LogP) is 5.06. The first-order chi connectivity index (χ1) is 20.4. The summed E-state index contributed by atoms with van der Waals surface area (Å²) in [5, 5.41) is 11.0. The Balaban J connectivity index is 1.57. The molecular formula is C32H38N4O6S. The standard InChI is InChI=1S/C32H38N4O6S/c1-5-41-30(37)23-43(39,40)36(22-25-8-10-26-9-7-24(21-33)19-27(26)20-25)29-13-11-28(12-14-29)34-15-6-16-35(18-17-34)31(38)42-32(2,3)4/h7-14,19-20H,5-6,15-18,22-23H2,1-4H3. The van der Waals surface area contributed by atoms with Crippen LogP contribution in [-0.2, 0) is 30.8 Å². The van der Waals surface area contributed by atoms with Crippen molar-refractivity contribution in [3.05, 3.63) is 71.8 Å². The first kappa shape index (κ1) is 31.6. The molecule has 0 bridgehead atoms. The van der Waals surface area contributed by atoms with Crippen molar-refractivity contribution >= 4 is 44.2 Å². The minimum atomic E-state index is -4.10. The molecule has 11 heteroatoms. The van der Waals surface area contributed by atoms with Gasteiger partial charge in [0.2, 0.25) is 10.0 Å². The molecule has 0 unspecified atom stereocenters. The van der Waals surface area contributed by atoms with Crippen molar-refractivity contribution in [2.45, 2.75) is 46.3 Å². The second kappa shape index (κ2) is 13.3. The summed E-state index contributed by atoms with van der Waals surface area (Å²) in [5.41, 5.74) is 1.95. The third kappa shape index (κ3) is 8.38. The molecule has 4 rings (SSSR count). The lowest BCUT2D eigenvalue weighted by Gasteiger charge is -2.27. The number of carbonyl (C=O) groups is 2. The maximum atomic E-state index is 13.5. The number of hydrogen-bond donors (Lipinski definition) is 0. The van der Waals surface area contributed by atoms with E-state index < -0.39 is 27.3 Å². The van der Waals surface area contributed by atoms with Crippen LogP contribution < -0.4 is 9.21 Å². The smallest absolute Gasteiger partial charge is 0.410 e. The van der Waals surface area contributed by atoms with E-state index in [1.54, 1.807) is 36.1 Å². The molecule has 1 heterocycles. The minimum Gasteiger partial charge on any atom is -0.465 e. The molecule has 0 aromatic heterocycles. The van der Waals surface area contributed by atoms with Crippen LogP contribution in [0.2, 0.25) is 0 Å². The SMILES string of the molecule is CCOC(=O)CS(=O)(=O)N(Cc1ccc2ccc(C#N)cc2c1)c1ccc(N2CCCN(C(=O)OC(C)(C)C)CC2)cc1. The lowest BCUT2D eigenvalue weighted by atomic mass is 10.0. The molecule has 228 valence electrons. The first-order valence-corrected chi connectivity index (χ1v) is 15.9. The molecule has 1 fully saturated rings. The van der Waals surface area contributed by atoms with Gasteiger partial charge in [0.05, 0.1) is 30.5 Å². The maximum Gasteiger partial charge on any atom is 0.410 e. The van der Waals surface area contributed by atoms with Crippen molar-refractivity contribution in [2.75, 3.05) is 47.7 Å². The van der Waals surface area contributed by atoms with E-state index in [9.17, 15) is 23.3 Å². The van der Waals surface area contributed by atoms with Gasteiger partial charge in [0, 0.05) is 31.9 Å². The molecule has 0 spiro atoms. The van der Waals surface area contributed by atoms with Crippen molar-refractivity contribution in [1.29, 1.82) is 5.26 Å². The van der Waals surface area contributed by atoms with Crippen LogP contribution in [-0.4, -0.2) is 69.5 Å². The van der Waals surface area contributed by atoms with Gasteiger partial charge in [0.1, 0.15) is 5.60 Å². The van der Waals surface area contributed by atoms with Crippen molar-refractivity contribution in [3.63, 3.8) is 0 Å². The Labute approximate surface area is 253 Å². The van der Waals surface area contributed by atoms with Crippen LogP contribution in [0.25, 0.3) is 10.8 Å². The predicted molar refractivity (Wildman–Crippen MR) is 166 cm³/mol. The molecule has 43 heavy (non-hydrogen) atoms. The quantitative estimate of drug-likeness (QED) is 0.327. The Hall–Kier alpha value is -4.30. The molecule has 10 nitrogen and oxygen atoms in total. The van der Waals surface area contributed by atoms with Gasteiger partial charge in [-0.1, -0.05) is 18.2 Å². The Morgan fingerprint density at radius 2 is 1.67 bits per heavy atom. The van der Waals surface area contributed by atoms with Crippen LogP contribution in [0, 0.1) is 11.3 Å². The second-order valence-corrected chi connectivity index (χ2v) is 13.3. The second-order valence-electron chi connectivity index (χ2n) is 11.4. The molecule has 0 radical (unpaired) electrons. The summed E-state index contributed by atoms with van der Waals surface area (Å²) in [6.07, 6.45) is 0.431. The third-order valence-electron chi connectivity index (χ3n) is 6.95. The van der Waals surface area contributed by atoms with Crippen LogP contribution in [0.5, 0.6) is 0 Å². The summed E-state index contributed by atoms with van der Waals surface area (Å²) < 4.78 is 38.8. The number of anilines is 2. The van der Waals surface area contributed by atoms with Gasteiger partial charge >= 0.3 is 12.1 Å². The Morgan fingerprint density at radius 1 is 0.953 bits per heavy atom. The van der Waals surface area contributed by atoms with E-state index in [2.05, 4.69) is 11.0 Å². The first-order valence-electron chi connectivity index (χ1n) is 14.3. The van der Waals surface area contributed by atoms with Gasteiger partial charge < -0.3 is 19.3 Å². The molecule has 1 aliphatic heterocycles. The normalized spacial score (nSPS) is 14.1. The summed E-state index contributed by atoms with van der Waals surface area (Å²) in [5.74, 6) is -1.61. The Bertz CT molecular complexity index is 1610. The van der Waals surface area contributed by atoms with Crippen LogP contribution in [0.4, 0.5) is 16.2 Å². The van der Waals surface area contributed by atoms with E-state index in [0.29, 0.717) is 36.4 Å². The summed E-state index contributed by atoms with van der Waals surface area (Å²) in [6.45, 7) is 9.65.